The molecule has 5 heteroatoms. The fourth-order valence-corrected chi connectivity index (χ4v) is 2.93. The predicted octanol–water partition coefficient (Wildman–Crippen LogP) is 1.69. The molecule has 0 aliphatic carbocycles. The number of benzene rings is 1. The Hall–Kier alpha value is -1.88. The van der Waals surface area contributed by atoms with Gasteiger partial charge in [0.05, 0.1) is 12.0 Å². The molecule has 114 valence electrons. The van der Waals surface area contributed by atoms with Crippen molar-refractivity contribution in [2.24, 2.45) is 0 Å². The summed E-state index contributed by atoms with van der Waals surface area (Å²) in [5.74, 6) is -1.06. The van der Waals surface area contributed by atoms with Crippen LogP contribution in [0.15, 0.2) is 24.3 Å². The van der Waals surface area contributed by atoms with Crippen molar-refractivity contribution in [3.8, 4) is 0 Å². The molecule has 1 aromatic carbocycles. The molecule has 1 saturated heterocycles. The minimum atomic E-state index is -1.01. The summed E-state index contributed by atoms with van der Waals surface area (Å²) < 4.78 is 0. The fourth-order valence-electron chi connectivity index (χ4n) is 2.93. The monoisotopic (exact) mass is 291 g/mol. The summed E-state index contributed by atoms with van der Waals surface area (Å²) in [7, 11) is 0. The number of carboxylic acid groups (broad SMARTS) is 1. The molecule has 1 heterocycles. The number of rotatable bonds is 5. The Morgan fingerprint density at radius 2 is 2.00 bits per heavy atom. The second-order valence-electron chi connectivity index (χ2n) is 5.39. The van der Waals surface area contributed by atoms with Gasteiger partial charge in [-0.25, -0.2) is 4.79 Å². The van der Waals surface area contributed by atoms with Gasteiger partial charge in [0, 0.05) is 19.2 Å². The third-order valence-electron chi connectivity index (χ3n) is 4.00. The van der Waals surface area contributed by atoms with E-state index in [1.54, 1.807) is 23.1 Å². The third-order valence-corrected chi connectivity index (χ3v) is 4.00. The van der Waals surface area contributed by atoms with Crippen LogP contribution in [0.4, 0.5) is 0 Å². The van der Waals surface area contributed by atoms with Crippen LogP contribution >= 0.6 is 0 Å². The van der Waals surface area contributed by atoms with Gasteiger partial charge in [0.15, 0.2) is 0 Å². The van der Waals surface area contributed by atoms with Crippen molar-refractivity contribution in [3.05, 3.63) is 35.4 Å². The summed E-state index contributed by atoms with van der Waals surface area (Å²) in [4.78, 5) is 25.5. The fraction of sp³-hybridized carbons (Fsp3) is 0.500. The molecule has 1 aromatic rings. The van der Waals surface area contributed by atoms with Gasteiger partial charge in [0.1, 0.15) is 0 Å². The van der Waals surface area contributed by atoms with Crippen molar-refractivity contribution in [1.82, 2.24) is 4.90 Å². The van der Waals surface area contributed by atoms with Gasteiger partial charge in [-0.3, -0.25) is 4.79 Å². The van der Waals surface area contributed by atoms with E-state index in [1.165, 1.54) is 6.07 Å². The number of carbonyl (C=O) groups excluding carboxylic acids is 1. The first kappa shape index (κ1) is 15.5. The van der Waals surface area contributed by atoms with E-state index in [1.807, 2.05) is 0 Å². The number of hydrogen-bond acceptors (Lipinski definition) is 3. The lowest BCUT2D eigenvalue weighted by Gasteiger charge is -2.35. The predicted molar refractivity (Wildman–Crippen MR) is 78.2 cm³/mol. The zero-order valence-electron chi connectivity index (χ0n) is 12.0. The third kappa shape index (κ3) is 3.82. The van der Waals surface area contributed by atoms with Gasteiger partial charge >= 0.3 is 5.97 Å². The van der Waals surface area contributed by atoms with E-state index in [-0.39, 0.29) is 30.5 Å². The van der Waals surface area contributed by atoms with Crippen LogP contribution in [0, 0.1) is 0 Å². The highest BCUT2D eigenvalue weighted by Crippen LogP contribution is 2.21. The average Bonchev–Trinajstić information content (AvgIpc) is 2.48. The summed E-state index contributed by atoms with van der Waals surface area (Å²) in [6.07, 6.45) is 3.64. The Morgan fingerprint density at radius 1 is 1.24 bits per heavy atom. The maximum absolute atomic E-state index is 12.5. The molecule has 1 aliphatic heterocycles. The number of piperidine rings is 1. The summed E-state index contributed by atoms with van der Waals surface area (Å²) in [6.45, 7) is 0.763. The number of aromatic carboxylic acids is 1. The smallest absolute Gasteiger partial charge is 0.335 e. The zero-order valence-corrected chi connectivity index (χ0v) is 12.0. The molecule has 2 rings (SSSR count). The molecule has 5 nitrogen and oxygen atoms in total. The van der Waals surface area contributed by atoms with Crippen LogP contribution in [-0.4, -0.2) is 46.2 Å². The van der Waals surface area contributed by atoms with Gasteiger partial charge in [-0.1, -0.05) is 18.2 Å². The van der Waals surface area contributed by atoms with Gasteiger partial charge in [-0.2, -0.15) is 0 Å². The summed E-state index contributed by atoms with van der Waals surface area (Å²) in [6, 6.07) is 6.69. The van der Waals surface area contributed by atoms with Crippen LogP contribution in [0.1, 0.15) is 41.6 Å². The second kappa shape index (κ2) is 7.22. The normalized spacial score (nSPS) is 18.5. The quantitative estimate of drug-likeness (QED) is 0.865. The van der Waals surface area contributed by atoms with Gasteiger partial charge in [0.25, 0.3) is 0 Å². The average molecular weight is 291 g/mol. The number of aliphatic hydroxyl groups excluding tert-OH is 1. The van der Waals surface area contributed by atoms with Crippen LogP contribution in [0.3, 0.4) is 0 Å². The number of amides is 1. The summed E-state index contributed by atoms with van der Waals surface area (Å²) in [5.41, 5.74) is 0.727. The Balaban J connectivity index is 2.11. The Bertz CT molecular complexity index is 513. The molecule has 1 atom stereocenters. The largest absolute Gasteiger partial charge is 0.478 e. The van der Waals surface area contributed by atoms with E-state index in [4.69, 9.17) is 10.2 Å². The zero-order chi connectivity index (χ0) is 15.2. The molecule has 21 heavy (non-hydrogen) atoms. The lowest BCUT2D eigenvalue weighted by atomic mass is 9.97. The Labute approximate surface area is 124 Å². The van der Waals surface area contributed by atoms with E-state index < -0.39 is 5.97 Å². The number of nitrogens with zero attached hydrogens (tertiary/aromatic N) is 1. The second-order valence-corrected chi connectivity index (χ2v) is 5.39. The highest BCUT2D eigenvalue weighted by Gasteiger charge is 2.26. The van der Waals surface area contributed by atoms with Gasteiger partial charge in [-0.05, 0) is 37.3 Å². The van der Waals surface area contributed by atoms with Gasteiger partial charge < -0.3 is 15.1 Å². The molecule has 0 bridgehead atoms. The van der Waals surface area contributed by atoms with E-state index >= 15 is 0 Å². The minimum Gasteiger partial charge on any atom is -0.478 e. The van der Waals surface area contributed by atoms with Crippen molar-refractivity contribution in [3.63, 3.8) is 0 Å². The molecular formula is C16H21NO4. The molecule has 0 saturated carbocycles. The first-order chi connectivity index (χ1) is 10.1. The van der Waals surface area contributed by atoms with E-state index in [9.17, 15) is 9.59 Å². The van der Waals surface area contributed by atoms with Crippen molar-refractivity contribution in [2.75, 3.05) is 13.2 Å². The van der Waals surface area contributed by atoms with Crippen LogP contribution in [0.5, 0.6) is 0 Å². The maximum Gasteiger partial charge on any atom is 0.335 e. The lowest BCUT2D eigenvalue weighted by molar-refractivity contribution is -0.134. The van der Waals surface area contributed by atoms with E-state index in [0.29, 0.717) is 18.5 Å². The highest BCUT2D eigenvalue weighted by molar-refractivity contribution is 5.91. The molecule has 1 aliphatic rings. The standard InChI is InChI=1S/C16H21NO4/c18-10-8-13-6-3-4-9-17(13)15(19)11-12-5-1-2-7-14(12)16(20)21/h1-2,5,7,13,18H,3-4,6,8-11H2,(H,20,21). The number of likely N-dealkylation sites (tertiary alicyclic amines) is 1. The summed E-state index contributed by atoms with van der Waals surface area (Å²) >= 11 is 0. The number of hydrogen-bond donors (Lipinski definition) is 2. The molecule has 2 N–H and O–H groups in total. The van der Waals surface area contributed by atoms with Crippen molar-refractivity contribution in [2.45, 2.75) is 38.1 Å². The van der Waals surface area contributed by atoms with Crippen molar-refractivity contribution >= 4 is 11.9 Å². The van der Waals surface area contributed by atoms with Crippen molar-refractivity contribution < 1.29 is 19.8 Å². The topological polar surface area (TPSA) is 77.8 Å². The van der Waals surface area contributed by atoms with Crippen LogP contribution < -0.4 is 0 Å². The number of carboxylic acids is 1. The Kier molecular flexibility index (Phi) is 5.33. The van der Waals surface area contributed by atoms with Crippen LogP contribution in [0.25, 0.3) is 0 Å². The lowest BCUT2D eigenvalue weighted by Crippen LogP contribution is -2.45. The number of carbonyl (C=O) groups is 2. The molecule has 1 fully saturated rings. The molecule has 0 radical (unpaired) electrons. The summed E-state index contributed by atoms with van der Waals surface area (Å²) in [5, 5.41) is 18.3. The highest BCUT2D eigenvalue weighted by atomic mass is 16.4. The van der Waals surface area contributed by atoms with Crippen molar-refractivity contribution in [1.29, 1.82) is 0 Å². The SMILES string of the molecule is O=C(O)c1ccccc1CC(=O)N1CCCCC1CCO. The first-order valence-corrected chi connectivity index (χ1v) is 7.35. The molecule has 1 amide bonds. The molecule has 0 aromatic heterocycles. The maximum atomic E-state index is 12.5. The van der Waals surface area contributed by atoms with Gasteiger partial charge in [0.2, 0.25) is 5.91 Å². The first-order valence-electron chi connectivity index (χ1n) is 7.35. The van der Waals surface area contributed by atoms with Crippen LogP contribution in [-0.2, 0) is 11.2 Å². The molecular weight excluding hydrogens is 270 g/mol. The van der Waals surface area contributed by atoms with E-state index in [2.05, 4.69) is 0 Å². The molecule has 0 spiro atoms. The number of aliphatic hydroxyl groups is 1. The Morgan fingerprint density at radius 3 is 2.71 bits per heavy atom. The van der Waals surface area contributed by atoms with Crippen LogP contribution in [0.2, 0.25) is 0 Å². The van der Waals surface area contributed by atoms with Gasteiger partial charge in [-0.15, -0.1) is 0 Å². The minimum absolute atomic E-state index is 0.0538. The van der Waals surface area contributed by atoms with E-state index in [0.717, 1.165) is 19.3 Å². The molecule has 1 unspecified atom stereocenters.